The molecule has 1 N–H and O–H groups in total. The van der Waals surface area contributed by atoms with Crippen molar-refractivity contribution in [3.63, 3.8) is 0 Å². The minimum absolute atomic E-state index is 0.142. The van der Waals surface area contributed by atoms with Crippen molar-refractivity contribution in [3.8, 4) is 10.4 Å². The first-order valence-corrected chi connectivity index (χ1v) is 11.5. The quantitative estimate of drug-likeness (QED) is 0.694. The predicted octanol–water partition coefficient (Wildman–Crippen LogP) is 3.90. The van der Waals surface area contributed by atoms with Gasteiger partial charge in [0.2, 0.25) is 0 Å². The van der Waals surface area contributed by atoms with Crippen molar-refractivity contribution in [2.75, 3.05) is 23.9 Å². The van der Waals surface area contributed by atoms with Crippen LogP contribution in [0.4, 0.5) is 5.82 Å². The molecule has 4 rings (SSSR count). The van der Waals surface area contributed by atoms with Gasteiger partial charge in [-0.05, 0) is 31.4 Å². The molecule has 0 unspecified atom stereocenters. The monoisotopic (exact) mass is 387 g/mol. The lowest BCUT2D eigenvalue weighted by molar-refractivity contribution is 0.560. The third-order valence-electron chi connectivity index (χ3n) is 4.72. The standard InChI is InChI=1S/C19H21N3O2S2/c1-13-21-17(20-11-19(8-9-19)12-26(2,23)24)15-10-16(25-18(15)22-13)14-6-4-3-5-7-14/h3-7,10H,8-9,11-12H2,1-2H3,(H,20,21,22). The van der Waals surface area contributed by atoms with E-state index in [-0.39, 0.29) is 11.2 Å². The normalized spacial score (nSPS) is 15.9. The average Bonchev–Trinajstić information content (AvgIpc) is 3.18. The molecular formula is C19H21N3O2S2. The molecule has 1 fully saturated rings. The van der Waals surface area contributed by atoms with E-state index in [4.69, 9.17) is 0 Å². The Bertz CT molecular complexity index is 1060. The number of rotatable bonds is 6. The minimum Gasteiger partial charge on any atom is -0.369 e. The van der Waals surface area contributed by atoms with Crippen molar-refractivity contribution >= 4 is 37.2 Å². The van der Waals surface area contributed by atoms with Gasteiger partial charge in [0.1, 0.15) is 26.3 Å². The Hall–Kier alpha value is -1.99. The second-order valence-corrected chi connectivity index (χ2v) is 10.4. The smallest absolute Gasteiger partial charge is 0.148 e. The molecule has 2 heterocycles. The van der Waals surface area contributed by atoms with Gasteiger partial charge in [-0.2, -0.15) is 0 Å². The summed E-state index contributed by atoms with van der Waals surface area (Å²) in [4.78, 5) is 11.2. The van der Waals surface area contributed by atoms with Crippen LogP contribution in [0.2, 0.25) is 0 Å². The van der Waals surface area contributed by atoms with E-state index >= 15 is 0 Å². The van der Waals surface area contributed by atoms with Gasteiger partial charge in [0.25, 0.3) is 0 Å². The zero-order valence-electron chi connectivity index (χ0n) is 14.8. The number of nitrogens with one attached hydrogen (secondary N) is 1. The SMILES string of the molecule is Cc1nc(NCC2(CS(C)(=O)=O)CC2)c2cc(-c3ccccc3)sc2n1. The van der Waals surface area contributed by atoms with Crippen LogP contribution in [-0.2, 0) is 9.84 Å². The van der Waals surface area contributed by atoms with Gasteiger partial charge in [-0.15, -0.1) is 11.3 Å². The van der Waals surface area contributed by atoms with E-state index in [1.165, 1.54) is 6.26 Å². The van der Waals surface area contributed by atoms with Gasteiger partial charge in [0.05, 0.1) is 11.1 Å². The van der Waals surface area contributed by atoms with Crippen molar-refractivity contribution in [3.05, 3.63) is 42.2 Å². The Kier molecular flexibility index (Phi) is 4.23. The zero-order chi connectivity index (χ0) is 18.4. The first kappa shape index (κ1) is 17.4. The highest BCUT2D eigenvalue weighted by molar-refractivity contribution is 7.90. The highest BCUT2D eigenvalue weighted by Gasteiger charge is 2.45. The summed E-state index contributed by atoms with van der Waals surface area (Å²) >= 11 is 1.65. The van der Waals surface area contributed by atoms with Gasteiger partial charge in [-0.25, -0.2) is 18.4 Å². The summed E-state index contributed by atoms with van der Waals surface area (Å²) in [6, 6.07) is 12.3. The number of aromatic nitrogens is 2. The number of aryl methyl sites for hydroxylation is 1. The van der Waals surface area contributed by atoms with Gasteiger partial charge < -0.3 is 5.32 Å². The van der Waals surface area contributed by atoms with Crippen LogP contribution in [0.3, 0.4) is 0 Å². The highest BCUT2D eigenvalue weighted by Crippen LogP contribution is 2.47. The van der Waals surface area contributed by atoms with Crippen molar-refractivity contribution in [2.45, 2.75) is 19.8 Å². The maximum absolute atomic E-state index is 11.7. The van der Waals surface area contributed by atoms with Crippen LogP contribution in [0, 0.1) is 12.3 Å². The Morgan fingerprint density at radius 2 is 1.92 bits per heavy atom. The Morgan fingerprint density at radius 1 is 1.19 bits per heavy atom. The third kappa shape index (κ3) is 3.73. The van der Waals surface area contributed by atoms with E-state index in [1.54, 1.807) is 11.3 Å². The van der Waals surface area contributed by atoms with Gasteiger partial charge in [-0.1, -0.05) is 30.3 Å². The van der Waals surface area contributed by atoms with Gasteiger partial charge >= 0.3 is 0 Å². The molecule has 2 aromatic heterocycles. The molecule has 7 heteroatoms. The molecule has 0 bridgehead atoms. The van der Waals surface area contributed by atoms with Gasteiger partial charge in [0, 0.05) is 23.1 Å². The zero-order valence-corrected chi connectivity index (χ0v) is 16.5. The Balaban J connectivity index is 1.64. The molecule has 0 spiro atoms. The molecule has 5 nitrogen and oxygen atoms in total. The topological polar surface area (TPSA) is 72.0 Å². The lowest BCUT2D eigenvalue weighted by atomic mass is 10.1. The van der Waals surface area contributed by atoms with Crippen molar-refractivity contribution in [1.82, 2.24) is 9.97 Å². The number of nitrogens with zero attached hydrogens (tertiary/aromatic N) is 2. The Morgan fingerprint density at radius 3 is 2.58 bits per heavy atom. The molecule has 0 saturated heterocycles. The molecule has 26 heavy (non-hydrogen) atoms. The largest absolute Gasteiger partial charge is 0.369 e. The number of fused-ring (bicyclic) bond motifs is 1. The number of hydrogen-bond acceptors (Lipinski definition) is 6. The van der Waals surface area contributed by atoms with Crippen molar-refractivity contribution in [1.29, 1.82) is 0 Å². The lowest BCUT2D eigenvalue weighted by Crippen LogP contribution is -2.24. The molecular weight excluding hydrogens is 366 g/mol. The number of benzene rings is 1. The molecule has 1 saturated carbocycles. The first-order chi connectivity index (χ1) is 12.3. The number of anilines is 1. The van der Waals surface area contributed by atoms with Crippen LogP contribution < -0.4 is 5.32 Å². The summed E-state index contributed by atoms with van der Waals surface area (Å²) in [7, 11) is -2.98. The van der Waals surface area contributed by atoms with Gasteiger partial charge in [0.15, 0.2) is 0 Å². The maximum atomic E-state index is 11.7. The molecule has 1 aliphatic carbocycles. The van der Waals surface area contributed by atoms with Crippen LogP contribution in [-0.4, -0.2) is 36.9 Å². The highest BCUT2D eigenvalue weighted by atomic mass is 32.2. The van der Waals surface area contributed by atoms with E-state index in [1.807, 2.05) is 25.1 Å². The fourth-order valence-electron chi connectivity index (χ4n) is 3.28. The van der Waals surface area contributed by atoms with Crippen molar-refractivity contribution in [2.24, 2.45) is 5.41 Å². The Labute approximate surface area is 157 Å². The fraction of sp³-hybridized carbons (Fsp3) is 0.368. The van der Waals surface area contributed by atoms with Crippen LogP contribution >= 0.6 is 11.3 Å². The third-order valence-corrected chi connectivity index (χ3v) is 6.93. The molecule has 0 aliphatic heterocycles. The molecule has 3 aromatic rings. The average molecular weight is 388 g/mol. The van der Waals surface area contributed by atoms with Crippen LogP contribution in [0.25, 0.3) is 20.7 Å². The maximum Gasteiger partial charge on any atom is 0.148 e. The summed E-state index contributed by atoms with van der Waals surface area (Å²) in [6.07, 6.45) is 3.20. The predicted molar refractivity (Wildman–Crippen MR) is 107 cm³/mol. The lowest BCUT2D eigenvalue weighted by Gasteiger charge is -2.16. The number of thiophene rings is 1. The van der Waals surface area contributed by atoms with E-state index in [2.05, 4.69) is 33.5 Å². The molecule has 1 aromatic carbocycles. The summed E-state index contributed by atoms with van der Waals surface area (Å²) in [5.41, 5.74) is 1.02. The van der Waals surface area contributed by atoms with Crippen LogP contribution in [0.1, 0.15) is 18.7 Å². The van der Waals surface area contributed by atoms with Crippen LogP contribution in [0.15, 0.2) is 36.4 Å². The minimum atomic E-state index is -2.98. The van der Waals surface area contributed by atoms with E-state index in [0.29, 0.717) is 6.54 Å². The summed E-state index contributed by atoms with van der Waals surface area (Å²) in [6.45, 7) is 2.51. The second kappa shape index (κ2) is 6.32. The molecule has 0 amide bonds. The van der Waals surface area contributed by atoms with E-state index in [9.17, 15) is 8.42 Å². The van der Waals surface area contributed by atoms with E-state index in [0.717, 1.165) is 45.1 Å². The molecule has 0 radical (unpaired) electrons. The summed E-state index contributed by atoms with van der Waals surface area (Å²) in [5, 5.41) is 4.40. The first-order valence-electron chi connectivity index (χ1n) is 8.59. The number of sulfone groups is 1. The summed E-state index contributed by atoms with van der Waals surface area (Å²) in [5.74, 6) is 1.75. The van der Waals surface area contributed by atoms with E-state index < -0.39 is 9.84 Å². The number of hydrogen-bond donors (Lipinski definition) is 1. The summed E-state index contributed by atoms with van der Waals surface area (Å²) < 4.78 is 23.3. The van der Waals surface area contributed by atoms with Gasteiger partial charge in [-0.3, -0.25) is 0 Å². The second-order valence-electron chi connectivity index (χ2n) is 7.24. The molecule has 136 valence electrons. The van der Waals surface area contributed by atoms with Crippen LogP contribution in [0.5, 0.6) is 0 Å². The molecule has 1 aliphatic rings. The molecule has 0 atom stereocenters. The fourth-order valence-corrected chi connectivity index (χ4v) is 5.87. The van der Waals surface area contributed by atoms with Crippen molar-refractivity contribution < 1.29 is 8.42 Å².